The van der Waals surface area contributed by atoms with Gasteiger partial charge in [0.25, 0.3) is 5.91 Å². The van der Waals surface area contributed by atoms with E-state index in [4.69, 9.17) is 0 Å². The van der Waals surface area contributed by atoms with Crippen LogP contribution in [0.25, 0.3) is 11.3 Å². The highest BCUT2D eigenvalue weighted by atomic mass is 16.3. The summed E-state index contributed by atoms with van der Waals surface area (Å²) in [6.07, 6.45) is 1.50. The quantitative estimate of drug-likeness (QED) is 0.366. The third kappa shape index (κ3) is 3.82. The lowest BCUT2D eigenvalue weighted by Crippen LogP contribution is -2.32. The molecule has 0 aromatic heterocycles. The average molecular weight is 444 g/mol. The number of ketones is 1. The molecule has 0 saturated carbocycles. The van der Waals surface area contributed by atoms with Crippen molar-refractivity contribution in [3.05, 3.63) is 149 Å². The summed E-state index contributed by atoms with van der Waals surface area (Å²) >= 11 is 0. The van der Waals surface area contributed by atoms with E-state index in [2.05, 4.69) is 0 Å². The fourth-order valence-electron chi connectivity index (χ4n) is 4.12. The number of anilines is 1. The number of rotatable bonds is 3. The van der Waals surface area contributed by atoms with E-state index in [1.807, 2.05) is 54.6 Å². The number of benzene rings is 4. The van der Waals surface area contributed by atoms with Crippen molar-refractivity contribution in [1.82, 2.24) is 0 Å². The Kier molecular flexibility index (Phi) is 5.63. The van der Waals surface area contributed by atoms with Crippen molar-refractivity contribution in [2.24, 2.45) is 0 Å². The van der Waals surface area contributed by atoms with Gasteiger partial charge in [-0.1, -0.05) is 91.0 Å². The Balaban J connectivity index is 1.86. The van der Waals surface area contributed by atoms with Gasteiger partial charge in [-0.05, 0) is 35.9 Å². The molecule has 164 valence electrons. The number of para-hydroxylation sites is 1. The maximum Gasteiger partial charge on any atom is 0.262 e. The molecule has 0 fully saturated rings. The van der Waals surface area contributed by atoms with Gasteiger partial charge in [0, 0.05) is 22.3 Å². The topological polar surface area (TPSA) is 57.6 Å². The largest absolute Gasteiger partial charge is 0.505 e. The monoisotopic (exact) mass is 443 g/mol. The van der Waals surface area contributed by atoms with Crippen LogP contribution in [0.2, 0.25) is 0 Å². The average Bonchev–Trinajstić information content (AvgIpc) is 3.04. The van der Waals surface area contributed by atoms with Gasteiger partial charge >= 0.3 is 0 Å². The van der Waals surface area contributed by atoms with Crippen LogP contribution in [0.5, 0.6) is 0 Å². The summed E-state index contributed by atoms with van der Waals surface area (Å²) < 4.78 is 0. The standard InChI is InChI=1S/C30H21NO3/c32-27-20-25(21-12-4-1-5-13-21)28(29(33)22-14-6-2-7-15-22)31(26-19-11-10-18-24(26)27)30(34)23-16-8-3-9-17-23/h1-20,33H/b29-28-. The zero-order chi connectivity index (χ0) is 23.5. The second-order valence-corrected chi connectivity index (χ2v) is 7.88. The van der Waals surface area contributed by atoms with E-state index in [1.54, 1.807) is 60.7 Å². The van der Waals surface area contributed by atoms with Crippen molar-refractivity contribution >= 4 is 28.7 Å². The van der Waals surface area contributed by atoms with E-state index in [-0.39, 0.29) is 23.1 Å². The Bertz CT molecular complexity index is 1420. The maximum atomic E-state index is 14.0. The van der Waals surface area contributed by atoms with Crippen LogP contribution in [0.1, 0.15) is 31.8 Å². The van der Waals surface area contributed by atoms with E-state index in [0.29, 0.717) is 33.5 Å². The summed E-state index contributed by atoms with van der Waals surface area (Å²) in [7, 11) is 0. The van der Waals surface area contributed by atoms with Crippen molar-refractivity contribution in [2.45, 2.75) is 0 Å². The number of amides is 1. The van der Waals surface area contributed by atoms with Crippen LogP contribution in [-0.4, -0.2) is 16.8 Å². The van der Waals surface area contributed by atoms with Gasteiger partial charge in [-0.25, -0.2) is 0 Å². The molecule has 4 heteroatoms. The number of carbonyl (C=O) groups excluding carboxylic acids is 2. The van der Waals surface area contributed by atoms with Crippen LogP contribution >= 0.6 is 0 Å². The van der Waals surface area contributed by atoms with Gasteiger partial charge in [0.1, 0.15) is 5.76 Å². The lowest BCUT2D eigenvalue weighted by atomic mass is 9.97. The van der Waals surface area contributed by atoms with E-state index in [0.717, 1.165) is 0 Å². The van der Waals surface area contributed by atoms with Crippen LogP contribution in [0.3, 0.4) is 0 Å². The Labute approximate surface area is 197 Å². The molecule has 0 spiro atoms. The molecule has 1 aliphatic heterocycles. The number of fused-ring (bicyclic) bond motifs is 1. The summed E-state index contributed by atoms with van der Waals surface area (Å²) in [5, 5.41) is 11.6. The van der Waals surface area contributed by atoms with Crippen molar-refractivity contribution in [3.8, 4) is 0 Å². The minimum Gasteiger partial charge on any atom is -0.505 e. The number of allylic oxidation sites excluding steroid dienone is 2. The molecule has 1 N–H and O–H groups in total. The first-order valence-electron chi connectivity index (χ1n) is 10.9. The van der Waals surface area contributed by atoms with Gasteiger partial charge in [0.15, 0.2) is 5.78 Å². The molecule has 1 amide bonds. The molecule has 0 unspecified atom stereocenters. The van der Waals surface area contributed by atoms with E-state index in [9.17, 15) is 14.7 Å². The summed E-state index contributed by atoms with van der Waals surface area (Å²) in [5.41, 5.74) is 3.22. The van der Waals surface area contributed by atoms with Gasteiger partial charge in [0.05, 0.1) is 11.4 Å². The maximum absolute atomic E-state index is 14.0. The lowest BCUT2D eigenvalue weighted by Gasteiger charge is -2.28. The first-order chi connectivity index (χ1) is 16.6. The van der Waals surface area contributed by atoms with Gasteiger partial charge in [-0.3, -0.25) is 14.5 Å². The summed E-state index contributed by atoms with van der Waals surface area (Å²) in [4.78, 5) is 28.8. The van der Waals surface area contributed by atoms with Crippen LogP contribution in [-0.2, 0) is 0 Å². The fourth-order valence-corrected chi connectivity index (χ4v) is 4.12. The first kappa shape index (κ1) is 21.2. The molecule has 34 heavy (non-hydrogen) atoms. The predicted octanol–water partition coefficient (Wildman–Crippen LogP) is 6.54. The summed E-state index contributed by atoms with van der Waals surface area (Å²) in [5.74, 6) is -0.678. The van der Waals surface area contributed by atoms with Crippen molar-refractivity contribution in [1.29, 1.82) is 0 Å². The molecular formula is C30H21NO3. The molecule has 1 heterocycles. The SMILES string of the molecule is O=C1C=C(c2ccccc2)/C(=C(/O)c2ccccc2)N(C(=O)c2ccccc2)c2ccccc21. The minimum absolute atomic E-state index is 0.0931. The molecule has 0 radical (unpaired) electrons. The highest BCUT2D eigenvalue weighted by molar-refractivity contribution is 6.23. The van der Waals surface area contributed by atoms with E-state index >= 15 is 0 Å². The number of carbonyl (C=O) groups is 2. The van der Waals surface area contributed by atoms with Crippen LogP contribution in [0.15, 0.2) is 127 Å². The molecule has 4 aromatic rings. The summed E-state index contributed by atoms with van der Waals surface area (Å²) in [6.45, 7) is 0. The van der Waals surface area contributed by atoms with Crippen LogP contribution < -0.4 is 4.90 Å². The smallest absolute Gasteiger partial charge is 0.262 e. The number of aliphatic hydroxyl groups is 1. The van der Waals surface area contributed by atoms with Crippen molar-refractivity contribution in [3.63, 3.8) is 0 Å². The number of nitrogens with zero attached hydrogens (tertiary/aromatic N) is 1. The zero-order valence-corrected chi connectivity index (χ0v) is 18.3. The molecule has 4 nitrogen and oxygen atoms in total. The first-order valence-corrected chi connectivity index (χ1v) is 10.9. The van der Waals surface area contributed by atoms with Gasteiger partial charge in [-0.15, -0.1) is 0 Å². The van der Waals surface area contributed by atoms with Crippen LogP contribution in [0.4, 0.5) is 5.69 Å². The van der Waals surface area contributed by atoms with E-state index < -0.39 is 0 Å². The molecule has 0 saturated heterocycles. The second-order valence-electron chi connectivity index (χ2n) is 7.88. The molecule has 1 aliphatic rings. The third-order valence-corrected chi connectivity index (χ3v) is 5.74. The highest BCUT2D eigenvalue weighted by Gasteiger charge is 2.33. The lowest BCUT2D eigenvalue weighted by molar-refractivity contribution is 0.0995. The normalized spacial score (nSPS) is 14.6. The van der Waals surface area contributed by atoms with Crippen LogP contribution in [0, 0.1) is 0 Å². The van der Waals surface area contributed by atoms with Crippen molar-refractivity contribution in [2.75, 3.05) is 4.90 Å². The second kappa shape index (κ2) is 9.04. The molecule has 0 aliphatic carbocycles. The summed E-state index contributed by atoms with van der Waals surface area (Å²) in [6, 6.07) is 34.2. The van der Waals surface area contributed by atoms with Gasteiger partial charge in [-0.2, -0.15) is 0 Å². The third-order valence-electron chi connectivity index (χ3n) is 5.74. The Morgan fingerprint density at radius 3 is 1.82 bits per heavy atom. The molecule has 5 rings (SSSR count). The molecule has 0 bridgehead atoms. The zero-order valence-electron chi connectivity index (χ0n) is 18.3. The van der Waals surface area contributed by atoms with Gasteiger partial charge in [0.2, 0.25) is 0 Å². The van der Waals surface area contributed by atoms with Crippen molar-refractivity contribution < 1.29 is 14.7 Å². The number of aliphatic hydroxyl groups excluding tert-OH is 1. The number of hydrogen-bond acceptors (Lipinski definition) is 3. The molecule has 0 atom stereocenters. The number of hydrogen-bond donors (Lipinski definition) is 1. The van der Waals surface area contributed by atoms with Gasteiger partial charge < -0.3 is 5.11 Å². The van der Waals surface area contributed by atoms with E-state index in [1.165, 1.54) is 11.0 Å². The molecular weight excluding hydrogens is 422 g/mol. The predicted molar refractivity (Wildman–Crippen MR) is 134 cm³/mol. The fraction of sp³-hybridized carbons (Fsp3) is 0. The Morgan fingerprint density at radius 2 is 1.18 bits per heavy atom. The minimum atomic E-state index is -0.345. The molecule has 4 aromatic carbocycles. The Morgan fingerprint density at radius 1 is 0.647 bits per heavy atom. The Hall–Kier alpha value is -4.70. The highest BCUT2D eigenvalue weighted by Crippen LogP contribution is 2.40.